The van der Waals surface area contributed by atoms with Gasteiger partial charge in [-0.1, -0.05) is 24.3 Å². The van der Waals surface area contributed by atoms with Crippen molar-refractivity contribution in [3.63, 3.8) is 0 Å². The number of rotatable bonds is 10. The number of aliphatic hydroxyl groups is 1. The molecule has 0 atom stereocenters. The van der Waals surface area contributed by atoms with Crippen molar-refractivity contribution < 1.29 is 33.6 Å². The normalized spacial score (nSPS) is 10.4. The molecule has 0 saturated carbocycles. The zero-order chi connectivity index (χ0) is 23.8. The van der Waals surface area contributed by atoms with Gasteiger partial charge in [0, 0.05) is 26.6 Å². The Labute approximate surface area is 195 Å². The van der Waals surface area contributed by atoms with Crippen LogP contribution in [0.15, 0.2) is 48.5 Å². The summed E-state index contributed by atoms with van der Waals surface area (Å²) in [6.45, 7) is -0.642. The predicted molar refractivity (Wildman–Crippen MR) is 125 cm³/mol. The van der Waals surface area contributed by atoms with Gasteiger partial charge < -0.3 is 29.4 Å². The fourth-order valence-corrected chi connectivity index (χ4v) is 4.39. The molecule has 0 aliphatic heterocycles. The van der Waals surface area contributed by atoms with Crippen molar-refractivity contribution in [1.29, 1.82) is 0 Å². The molecule has 0 radical (unpaired) electrons. The zero-order valence-corrected chi connectivity index (χ0v) is 19.4. The lowest BCUT2D eigenvalue weighted by Crippen LogP contribution is -2.15. The zero-order valence-electron chi connectivity index (χ0n) is 18.5. The van der Waals surface area contributed by atoms with Crippen LogP contribution in [0, 0.1) is 0 Å². The third-order valence-electron chi connectivity index (χ3n) is 4.81. The Morgan fingerprint density at radius 3 is 2.36 bits per heavy atom. The molecule has 174 valence electrons. The van der Waals surface area contributed by atoms with Crippen molar-refractivity contribution >= 4 is 28.9 Å². The van der Waals surface area contributed by atoms with E-state index >= 15 is 0 Å². The van der Waals surface area contributed by atoms with Crippen LogP contribution in [0.25, 0.3) is 10.4 Å². The molecule has 8 nitrogen and oxygen atoms in total. The van der Waals surface area contributed by atoms with Gasteiger partial charge in [-0.05, 0) is 24.3 Å². The standard InChI is InChI=1S/C24H25NO7S/c1-29-19-10-8-15(23(30-2)24(19)31-3)12-21(27)25-18-7-5-4-6-17(18)20-11-9-16(33-20)13-22(28)32-14-26/h4-11,26H,12-14H2,1-3H3,(H,25,27). The van der Waals surface area contributed by atoms with Crippen molar-refractivity contribution in [2.45, 2.75) is 12.8 Å². The Bertz CT molecular complexity index is 1130. The van der Waals surface area contributed by atoms with Gasteiger partial charge in [-0.3, -0.25) is 9.59 Å². The lowest BCUT2D eigenvalue weighted by atomic mass is 10.1. The summed E-state index contributed by atoms with van der Waals surface area (Å²) in [5, 5.41) is 11.7. The number of nitrogens with one attached hydrogen (secondary N) is 1. The maximum Gasteiger partial charge on any atom is 0.313 e. The molecule has 2 aromatic carbocycles. The molecule has 0 aliphatic rings. The maximum absolute atomic E-state index is 12.9. The number of amides is 1. The minimum Gasteiger partial charge on any atom is -0.493 e. The van der Waals surface area contributed by atoms with Gasteiger partial charge in [0.25, 0.3) is 0 Å². The van der Waals surface area contributed by atoms with Gasteiger partial charge in [-0.2, -0.15) is 0 Å². The molecular weight excluding hydrogens is 446 g/mol. The molecule has 0 spiro atoms. The number of para-hydroxylation sites is 1. The number of hydrogen-bond donors (Lipinski definition) is 2. The summed E-state index contributed by atoms with van der Waals surface area (Å²) in [5.41, 5.74) is 2.14. The predicted octanol–water partition coefficient (Wildman–Crippen LogP) is 3.66. The minimum absolute atomic E-state index is 0.0683. The quantitative estimate of drug-likeness (QED) is 0.344. The number of ether oxygens (including phenoxy) is 4. The minimum atomic E-state index is -0.642. The summed E-state index contributed by atoms with van der Waals surface area (Å²) in [7, 11) is 4.56. The number of hydrogen-bond acceptors (Lipinski definition) is 8. The lowest BCUT2D eigenvalue weighted by Gasteiger charge is -2.16. The van der Waals surface area contributed by atoms with Crippen LogP contribution in [-0.2, 0) is 27.2 Å². The average molecular weight is 472 g/mol. The second-order valence-electron chi connectivity index (χ2n) is 6.85. The van der Waals surface area contributed by atoms with Gasteiger partial charge in [-0.25, -0.2) is 0 Å². The number of methoxy groups -OCH3 is 3. The molecule has 0 saturated heterocycles. The molecule has 1 aromatic heterocycles. The number of thiophene rings is 1. The van der Waals surface area contributed by atoms with Crippen molar-refractivity contribution in [2.24, 2.45) is 0 Å². The molecule has 33 heavy (non-hydrogen) atoms. The van der Waals surface area contributed by atoms with E-state index in [0.717, 1.165) is 15.3 Å². The van der Waals surface area contributed by atoms with Crippen LogP contribution in [0.2, 0.25) is 0 Å². The maximum atomic E-state index is 12.9. The van der Waals surface area contributed by atoms with Crippen LogP contribution in [0.4, 0.5) is 5.69 Å². The summed E-state index contributed by atoms with van der Waals surface area (Å²) in [6.07, 6.45) is 0.138. The number of anilines is 1. The van der Waals surface area contributed by atoms with E-state index in [0.29, 0.717) is 28.5 Å². The van der Waals surface area contributed by atoms with E-state index < -0.39 is 12.8 Å². The first-order chi connectivity index (χ1) is 16.0. The Morgan fingerprint density at radius 2 is 1.67 bits per heavy atom. The van der Waals surface area contributed by atoms with Crippen molar-refractivity contribution in [3.8, 4) is 27.7 Å². The summed E-state index contributed by atoms with van der Waals surface area (Å²) < 4.78 is 20.7. The molecule has 9 heteroatoms. The molecule has 0 unspecified atom stereocenters. The molecule has 0 fully saturated rings. The highest BCUT2D eigenvalue weighted by atomic mass is 32.1. The van der Waals surface area contributed by atoms with E-state index in [4.69, 9.17) is 19.3 Å². The average Bonchev–Trinajstić information content (AvgIpc) is 3.27. The van der Waals surface area contributed by atoms with E-state index in [2.05, 4.69) is 10.1 Å². The molecule has 0 aliphatic carbocycles. The van der Waals surface area contributed by atoms with Gasteiger partial charge in [0.15, 0.2) is 18.3 Å². The molecule has 2 N–H and O–H groups in total. The van der Waals surface area contributed by atoms with Crippen molar-refractivity contribution in [1.82, 2.24) is 0 Å². The molecule has 3 rings (SSSR count). The highest BCUT2D eigenvalue weighted by Crippen LogP contribution is 2.40. The Hall–Kier alpha value is -3.56. The van der Waals surface area contributed by atoms with Gasteiger partial charge >= 0.3 is 5.97 Å². The van der Waals surface area contributed by atoms with E-state index in [-0.39, 0.29) is 18.7 Å². The van der Waals surface area contributed by atoms with Crippen molar-refractivity contribution in [2.75, 3.05) is 33.4 Å². The number of benzene rings is 2. The number of esters is 1. The van der Waals surface area contributed by atoms with E-state index in [1.165, 1.54) is 32.7 Å². The van der Waals surface area contributed by atoms with Crippen LogP contribution < -0.4 is 19.5 Å². The Morgan fingerprint density at radius 1 is 0.909 bits per heavy atom. The van der Waals surface area contributed by atoms with Crippen molar-refractivity contribution in [3.05, 3.63) is 59.0 Å². The van der Waals surface area contributed by atoms with Gasteiger partial charge in [0.05, 0.1) is 34.2 Å². The highest BCUT2D eigenvalue weighted by molar-refractivity contribution is 7.15. The van der Waals surface area contributed by atoms with Crippen LogP contribution in [0.1, 0.15) is 10.4 Å². The number of carbonyl (C=O) groups excluding carboxylic acids is 2. The molecule has 0 bridgehead atoms. The van der Waals surface area contributed by atoms with Crippen LogP contribution in [0.3, 0.4) is 0 Å². The fourth-order valence-electron chi connectivity index (χ4n) is 3.36. The van der Waals surface area contributed by atoms with E-state index in [1.54, 1.807) is 12.1 Å². The second-order valence-corrected chi connectivity index (χ2v) is 8.02. The number of aliphatic hydroxyl groups excluding tert-OH is 1. The monoisotopic (exact) mass is 471 g/mol. The van der Waals surface area contributed by atoms with Gasteiger partial charge in [-0.15, -0.1) is 11.3 Å². The SMILES string of the molecule is COc1ccc(CC(=O)Nc2ccccc2-c2ccc(CC(=O)OCO)s2)c(OC)c1OC. The largest absolute Gasteiger partial charge is 0.493 e. The molecule has 1 heterocycles. The third-order valence-corrected chi connectivity index (χ3v) is 5.93. The first kappa shape index (κ1) is 24.1. The molecular formula is C24H25NO7S. The third kappa shape index (κ3) is 5.82. The summed E-state index contributed by atoms with van der Waals surface area (Å²) in [5.74, 6) is 0.655. The summed E-state index contributed by atoms with van der Waals surface area (Å²) in [6, 6.07) is 14.6. The summed E-state index contributed by atoms with van der Waals surface area (Å²) in [4.78, 5) is 26.2. The van der Waals surface area contributed by atoms with Crippen LogP contribution >= 0.6 is 11.3 Å². The Balaban J connectivity index is 1.79. The molecule has 1 amide bonds. The second kappa shape index (κ2) is 11.3. The van der Waals surface area contributed by atoms with Crippen LogP contribution in [0.5, 0.6) is 17.2 Å². The van der Waals surface area contributed by atoms with E-state index in [1.807, 2.05) is 36.4 Å². The first-order valence-corrected chi connectivity index (χ1v) is 10.8. The number of carbonyl (C=O) groups is 2. The topological polar surface area (TPSA) is 103 Å². The fraction of sp³-hybridized carbons (Fsp3) is 0.250. The highest BCUT2D eigenvalue weighted by Gasteiger charge is 2.19. The lowest BCUT2D eigenvalue weighted by molar-refractivity contribution is -0.150. The smallest absolute Gasteiger partial charge is 0.313 e. The Kier molecular flexibility index (Phi) is 8.28. The van der Waals surface area contributed by atoms with Gasteiger partial charge in [0.1, 0.15) is 0 Å². The first-order valence-electron chi connectivity index (χ1n) is 10.0. The van der Waals surface area contributed by atoms with Crippen LogP contribution in [-0.4, -0.2) is 45.1 Å². The van der Waals surface area contributed by atoms with Gasteiger partial charge in [0.2, 0.25) is 11.7 Å². The molecule has 3 aromatic rings. The van der Waals surface area contributed by atoms with E-state index in [9.17, 15) is 9.59 Å². The summed E-state index contributed by atoms with van der Waals surface area (Å²) >= 11 is 1.42.